The van der Waals surface area contributed by atoms with Crippen LogP contribution in [0, 0.1) is 0 Å². The van der Waals surface area contributed by atoms with Crippen LogP contribution in [0.3, 0.4) is 0 Å². The molecule has 0 aromatic carbocycles. The Morgan fingerprint density at radius 2 is 1.03 bits per heavy atom. The van der Waals surface area contributed by atoms with Gasteiger partial charge in [-0.05, 0) is 70.6 Å². The van der Waals surface area contributed by atoms with Crippen LogP contribution in [0.2, 0.25) is 0 Å². The summed E-state index contributed by atoms with van der Waals surface area (Å²) in [6, 6.07) is -1.15. The Labute approximate surface area is 394 Å². The molecule has 0 radical (unpaired) electrons. The lowest BCUT2D eigenvalue weighted by atomic mass is 9.99. The highest BCUT2D eigenvalue weighted by Gasteiger charge is 2.48. The van der Waals surface area contributed by atoms with Crippen molar-refractivity contribution in [3.8, 4) is 0 Å². The first-order valence-corrected chi connectivity index (χ1v) is 27.0. The molecule has 1 heterocycles. The van der Waals surface area contributed by atoms with Crippen LogP contribution in [0.1, 0.15) is 206 Å². The second kappa shape index (κ2) is 41.0. The van der Waals surface area contributed by atoms with Crippen LogP contribution < -0.4 is 5.32 Å². The van der Waals surface area contributed by atoms with Gasteiger partial charge in [-0.2, -0.15) is 8.42 Å². The van der Waals surface area contributed by atoms with Gasteiger partial charge in [-0.15, -0.1) is 0 Å². The Bertz CT molecular complexity index is 1360. The number of rotatable bonds is 43. The molecule has 0 saturated carbocycles. The van der Waals surface area contributed by atoms with Crippen molar-refractivity contribution >= 4 is 16.3 Å². The van der Waals surface area contributed by atoms with E-state index < -0.39 is 78.5 Å². The Hall–Kier alpha value is -1.98. The third kappa shape index (κ3) is 33.2. The number of aliphatic hydroxyl groups is 5. The number of carbonyl (C=O) groups is 1. The summed E-state index contributed by atoms with van der Waals surface area (Å²) < 4.78 is 47.6. The maximum absolute atomic E-state index is 13.1. The first-order valence-electron chi connectivity index (χ1n) is 25.6. The molecule has 8 atom stereocenters. The SMILES string of the molecule is CCCCCCCCC/C=C\CCCCCCC(O)C(=O)NC(COC1OC(CO)C(O)C(OS(=O)(=O)O)C1O)C(O)/C=C/CC/C=C/CC/C=C/CCCCCCCCCCCCC. The minimum Gasteiger partial charge on any atom is -0.394 e. The average Bonchev–Trinajstić information content (AvgIpc) is 3.28. The van der Waals surface area contributed by atoms with Crippen LogP contribution in [0.4, 0.5) is 0 Å². The van der Waals surface area contributed by atoms with E-state index in [2.05, 4.69) is 59.8 Å². The van der Waals surface area contributed by atoms with Gasteiger partial charge in [0.1, 0.15) is 30.5 Å². The summed E-state index contributed by atoms with van der Waals surface area (Å²) in [5, 5.41) is 55.3. The number of ether oxygens (including phenoxy) is 2. The Kier molecular flexibility index (Phi) is 38.5. The normalized spacial score (nSPS) is 21.0. The minimum absolute atomic E-state index is 0.218. The van der Waals surface area contributed by atoms with Crippen molar-refractivity contribution in [1.29, 1.82) is 0 Å². The number of allylic oxidation sites excluding steroid dienone is 7. The average molecular weight is 944 g/mol. The molecule has 1 aliphatic heterocycles. The third-order valence-corrected chi connectivity index (χ3v) is 12.4. The van der Waals surface area contributed by atoms with E-state index in [1.165, 1.54) is 122 Å². The monoisotopic (exact) mass is 944 g/mol. The largest absolute Gasteiger partial charge is 0.397 e. The molecule has 0 aliphatic carbocycles. The van der Waals surface area contributed by atoms with Crippen molar-refractivity contribution in [3.63, 3.8) is 0 Å². The van der Waals surface area contributed by atoms with E-state index in [9.17, 15) is 43.3 Å². The molecule has 13 nitrogen and oxygen atoms in total. The van der Waals surface area contributed by atoms with E-state index in [1.807, 2.05) is 0 Å². The highest BCUT2D eigenvalue weighted by molar-refractivity contribution is 7.80. The summed E-state index contributed by atoms with van der Waals surface area (Å²) in [7, 11) is -5.13. The minimum atomic E-state index is -5.13. The summed E-state index contributed by atoms with van der Waals surface area (Å²) in [5.41, 5.74) is 0. The van der Waals surface area contributed by atoms with Crippen LogP contribution >= 0.6 is 0 Å². The lowest BCUT2D eigenvalue weighted by Crippen LogP contribution is -2.61. The number of nitrogens with one attached hydrogen (secondary N) is 1. The van der Waals surface area contributed by atoms with Crippen molar-refractivity contribution in [1.82, 2.24) is 5.32 Å². The molecule has 0 bridgehead atoms. The first-order chi connectivity index (χ1) is 31.4. The topological polar surface area (TPSA) is 212 Å². The summed E-state index contributed by atoms with van der Waals surface area (Å²) in [5.74, 6) is -0.725. The summed E-state index contributed by atoms with van der Waals surface area (Å²) in [6.07, 6.45) is 39.1. The second-order valence-electron chi connectivity index (χ2n) is 17.9. The number of hydrogen-bond acceptors (Lipinski definition) is 11. The van der Waals surface area contributed by atoms with Gasteiger partial charge >= 0.3 is 10.4 Å². The highest BCUT2D eigenvalue weighted by Crippen LogP contribution is 2.26. The second-order valence-corrected chi connectivity index (χ2v) is 18.9. The molecule has 8 unspecified atom stereocenters. The molecule has 380 valence electrons. The zero-order valence-electron chi connectivity index (χ0n) is 40.4. The molecule has 65 heavy (non-hydrogen) atoms. The number of carbonyl (C=O) groups excluding carboxylic acids is 1. The third-order valence-electron chi connectivity index (χ3n) is 11.9. The van der Waals surface area contributed by atoms with Gasteiger partial charge in [-0.3, -0.25) is 9.35 Å². The van der Waals surface area contributed by atoms with Crippen molar-refractivity contribution < 1.29 is 57.0 Å². The van der Waals surface area contributed by atoms with Crippen LogP contribution in [0.15, 0.2) is 48.6 Å². The standard InChI is InChI=1S/C51H93NO12S/c1-3-5-7-9-11-13-15-17-19-20-21-22-23-24-26-27-29-31-33-35-37-39-44(54)43(42-62-51-48(57)49(64-65(59,60)61)47(56)46(41-53)63-51)52-50(58)45(55)40-38-36-34-32-30-28-25-18-16-14-12-10-8-6-4-2/h23-25,28-29,31,37,39,43-49,51,53-57H,3-22,26-27,30,32-36,38,40-42H2,1-2H3,(H,52,58)(H,59,60,61)/b24-23+,28-25-,31-29+,39-37+. The van der Waals surface area contributed by atoms with Gasteiger partial charge in [0.15, 0.2) is 6.29 Å². The van der Waals surface area contributed by atoms with Crippen molar-refractivity contribution in [2.75, 3.05) is 13.2 Å². The molecular weight excluding hydrogens is 851 g/mol. The van der Waals surface area contributed by atoms with Crippen LogP contribution in [0.25, 0.3) is 0 Å². The quantitative estimate of drug-likeness (QED) is 0.0173. The molecule has 1 saturated heterocycles. The number of amides is 1. The molecule has 1 fully saturated rings. The molecule has 7 N–H and O–H groups in total. The van der Waals surface area contributed by atoms with E-state index in [-0.39, 0.29) is 6.42 Å². The number of aliphatic hydroxyl groups excluding tert-OH is 5. The van der Waals surface area contributed by atoms with Crippen LogP contribution in [0.5, 0.6) is 0 Å². The van der Waals surface area contributed by atoms with Gasteiger partial charge in [0.2, 0.25) is 5.91 Å². The molecule has 1 rings (SSSR count). The van der Waals surface area contributed by atoms with Gasteiger partial charge < -0.3 is 40.3 Å². The predicted octanol–water partition coefficient (Wildman–Crippen LogP) is 9.80. The summed E-state index contributed by atoms with van der Waals surface area (Å²) in [4.78, 5) is 13.1. The molecule has 1 aliphatic rings. The van der Waals surface area contributed by atoms with Gasteiger partial charge in [-0.25, -0.2) is 4.18 Å². The lowest BCUT2D eigenvalue weighted by molar-refractivity contribution is -0.298. The molecule has 0 aromatic rings. The maximum atomic E-state index is 13.1. The zero-order chi connectivity index (χ0) is 47.8. The first kappa shape index (κ1) is 61.0. The smallest absolute Gasteiger partial charge is 0.394 e. The Morgan fingerprint density at radius 1 is 0.615 bits per heavy atom. The Morgan fingerprint density at radius 3 is 1.48 bits per heavy atom. The van der Waals surface area contributed by atoms with Crippen molar-refractivity contribution in [2.45, 2.75) is 255 Å². The van der Waals surface area contributed by atoms with Gasteiger partial charge in [-0.1, -0.05) is 184 Å². The van der Waals surface area contributed by atoms with E-state index in [1.54, 1.807) is 6.08 Å². The van der Waals surface area contributed by atoms with Crippen molar-refractivity contribution in [2.24, 2.45) is 0 Å². The fraction of sp³-hybridized carbons (Fsp3) is 0.824. The lowest BCUT2D eigenvalue weighted by Gasteiger charge is -2.41. The molecule has 14 heteroatoms. The fourth-order valence-electron chi connectivity index (χ4n) is 7.84. The van der Waals surface area contributed by atoms with Crippen LogP contribution in [-0.2, 0) is 28.9 Å². The predicted molar refractivity (Wildman–Crippen MR) is 260 cm³/mol. The number of unbranched alkanes of at least 4 members (excludes halogenated alkanes) is 24. The molecule has 0 aromatic heterocycles. The molecule has 0 spiro atoms. The van der Waals surface area contributed by atoms with E-state index in [4.69, 9.17) is 9.47 Å². The summed E-state index contributed by atoms with van der Waals surface area (Å²) in [6.45, 7) is 3.19. The molecule has 1 amide bonds. The number of hydrogen-bond donors (Lipinski definition) is 7. The van der Waals surface area contributed by atoms with Gasteiger partial charge in [0.05, 0.1) is 25.4 Å². The van der Waals surface area contributed by atoms with E-state index in [0.717, 1.165) is 57.8 Å². The van der Waals surface area contributed by atoms with E-state index in [0.29, 0.717) is 12.8 Å². The van der Waals surface area contributed by atoms with Gasteiger partial charge in [0, 0.05) is 0 Å². The zero-order valence-corrected chi connectivity index (χ0v) is 41.2. The fourth-order valence-corrected chi connectivity index (χ4v) is 8.35. The summed E-state index contributed by atoms with van der Waals surface area (Å²) >= 11 is 0. The highest BCUT2D eigenvalue weighted by atomic mass is 32.3. The van der Waals surface area contributed by atoms with E-state index >= 15 is 0 Å². The van der Waals surface area contributed by atoms with Crippen LogP contribution in [-0.4, -0.2) is 107 Å². The Balaban J connectivity index is 2.57. The van der Waals surface area contributed by atoms with Gasteiger partial charge in [0.25, 0.3) is 0 Å². The maximum Gasteiger partial charge on any atom is 0.397 e. The van der Waals surface area contributed by atoms with Crippen molar-refractivity contribution in [3.05, 3.63) is 48.6 Å². The molecular formula is C51H93NO12S.